The van der Waals surface area contributed by atoms with Gasteiger partial charge in [-0.15, -0.1) is 5.10 Å². The van der Waals surface area contributed by atoms with Gasteiger partial charge in [0.1, 0.15) is 0 Å². The van der Waals surface area contributed by atoms with Crippen molar-refractivity contribution in [2.24, 2.45) is 0 Å². The van der Waals surface area contributed by atoms with E-state index >= 15 is 0 Å². The smallest absolute Gasteiger partial charge is 0.214 e. The summed E-state index contributed by atoms with van der Waals surface area (Å²) in [5, 5.41) is 5.85. The molecule has 5 nitrogen and oxygen atoms in total. The first-order valence-electron chi connectivity index (χ1n) is 8.63. The van der Waals surface area contributed by atoms with Gasteiger partial charge in [0.05, 0.1) is 23.1 Å². The SMILES string of the molecule is CC1(C)CN(c2nn3cc(C4CCCC4)nc3s2)CC(C)(C)O1. The summed E-state index contributed by atoms with van der Waals surface area (Å²) in [6.07, 6.45) is 7.38. The molecule has 0 unspecified atom stereocenters. The average Bonchev–Trinajstić information content (AvgIpc) is 3.10. The van der Waals surface area contributed by atoms with Crippen LogP contribution in [0.2, 0.25) is 0 Å². The molecule has 2 fully saturated rings. The van der Waals surface area contributed by atoms with Gasteiger partial charge in [0, 0.05) is 19.0 Å². The summed E-state index contributed by atoms with van der Waals surface area (Å²) >= 11 is 1.70. The summed E-state index contributed by atoms with van der Waals surface area (Å²) in [6.45, 7) is 10.3. The molecule has 0 radical (unpaired) electrons. The van der Waals surface area contributed by atoms with Crippen LogP contribution in [0, 0.1) is 0 Å². The third-order valence-electron chi connectivity index (χ3n) is 4.79. The molecular formula is C17H26N4OS. The quantitative estimate of drug-likeness (QED) is 0.837. The van der Waals surface area contributed by atoms with E-state index < -0.39 is 0 Å². The van der Waals surface area contributed by atoms with Crippen LogP contribution in [-0.2, 0) is 4.74 Å². The highest BCUT2D eigenvalue weighted by Crippen LogP contribution is 2.36. The van der Waals surface area contributed by atoms with Crippen LogP contribution in [0.3, 0.4) is 0 Å². The second-order valence-corrected chi connectivity index (χ2v) is 9.17. The molecule has 0 aromatic carbocycles. The van der Waals surface area contributed by atoms with Gasteiger partial charge in [-0.2, -0.15) is 0 Å². The Labute approximate surface area is 141 Å². The lowest BCUT2D eigenvalue weighted by molar-refractivity contribution is -0.133. The molecule has 126 valence electrons. The largest absolute Gasteiger partial charge is 0.366 e. The van der Waals surface area contributed by atoms with E-state index in [9.17, 15) is 0 Å². The Balaban J connectivity index is 1.60. The molecule has 1 saturated carbocycles. The molecular weight excluding hydrogens is 308 g/mol. The summed E-state index contributed by atoms with van der Waals surface area (Å²) in [5.41, 5.74) is 0.908. The number of imidazole rings is 1. The zero-order valence-corrected chi connectivity index (χ0v) is 15.3. The van der Waals surface area contributed by atoms with Crippen LogP contribution in [-0.4, -0.2) is 38.9 Å². The van der Waals surface area contributed by atoms with Crippen LogP contribution in [0.15, 0.2) is 6.20 Å². The zero-order valence-electron chi connectivity index (χ0n) is 14.5. The lowest BCUT2D eigenvalue weighted by Gasteiger charge is -2.46. The van der Waals surface area contributed by atoms with E-state index in [1.807, 2.05) is 4.52 Å². The molecule has 1 aliphatic heterocycles. The number of aromatic nitrogens is 3. The van der Waals surface area contributed by atoms with E-state index in [0.717, 1.165) is 23.2 Å². The Morgan fingerprint density at radius 2 is 1.78 bits per heavy atom. The van der Waals surface area contributed by atoms with Gasteiger partial charge in [0.2, 0.25) is 10.1 Å². The number of nitrogens with zero attached hydrogens (tertiary/aromatic N) is 4. The van der Waals surface area contributed by atoms with Gasteiger partial charge in [0.15, 0.2) is 0 Å². The second-order valence-electron chi connectivity index (χ2n) is 8.24. The molecule has 0 atom stereocenters. The first-order valence-corrected chi connectivity index (χ1v) is 9.44. The van der Waals surface area contributed by atoms with Gasteiger partial charge in [-0.1, -0.05) is 24.2 Å². The third kappa shape index (κ3) is 2.98. The second kappa shape index (κ2) is 5.18. The highest BCUT2D eigenvalue weighted by Gasteiger charge is 2.39. The minimum atomic E-state index is -0.162. The molecule has 0 bridgehead atoms. The average molecular weight is 334 g/mol. The van der Waals surface area contributed by atoms with Crippen LogP contribution in [0.25, 0.3) is 4.96 Å². The van der Waals surface area contributed by atoms with E-state index in [2.05, 4.69) is 38.8 Å². The fraction of sp³-hybridized carbons (Fsp3) is 0.765. The number of hydrogen-bond donors (Lipinski definition) is 0. The van der Waals surface area contributed by atoms with Crippen molar-refractivity contribution in [1.82, 2.24) is 14.6 Å². The lowest BCUT2D eigenvalue weighted by Crippen LogP contribution is -2.57. The topological polar surface area (TPSA) is 42.7 Å². The van der Waals surface area contributed by atoms with Crippen LogP contribution in [0.5, 0.6) is 0 Å². The van der Waals surface area contributed by atoms with E-state index in [4.69, 9.17) is 14.8 Å². The standard InChI is InChI=1S/C17H26N4OS/c1-16(2)10-20(11-17(3,4)22-16)15-19-21-9-13(18-14(21)23-15)12-7-5-6-8-12/h9,12H,5-8,10-11H2,1-4H3. The predicted octanol–water partition coefficient (Wildman–Crippen LogP) is 3.84. The van der Waals surface area contributed by atoms with Gasteiger partial charge in [0.25, 0.3) is 0 Å². The van der Waals surface area contributed by atoms with E-state index in [0.29, 0.717) is 5.92 Å². The minimum absolute atomic E-state index is 0.162. The summed E-state index contributed by atoms with van der Waals surface area (Å²) in [5.74, 6) is 0.647. The van der Waals surface area contributed by atoms with Crippen LogP contribution < -0.4 is 4.90 Å². The van der Waals surface area contributed by atoms with Gasteiger partial charge >= 0.3 is 0 Å². The van der Waals surface area contributed by atoms with Crippen molar-refractivity contribution in [3.05, 3.63) is 11.9 Å². The third-order valence-corrected chi connectivity index (χ3v) is 5.77. The van der Waals surface area contributed by atoms with E-state index in [-0.39, 0.29) is 11.2 Å². The number of fused-ring (bicyclic) bond motifs is 1. The van der Waals surface area contributed by atoms with Crippen molar-refractivity contribution in [2.75, 3.05) is 18.0 Å². The van der Waals surface area contributed by atoms with Crippen molar-refractivity contribution in [1.29, 1.82) is 0 Å². The Morgan fingerprint density at radius 1 is 1.13 bits per heavy atom. The fourth-order valence-corrected chi connectivity index (χ4v) is 5.06. The zero-order chi connectivity index (χ0) is 16.2. The summed E-state index contributed by atoms with van der Waals surface area (Å²) in [7, 11) is 0. The van der Waals surface area contributed by atoms with Crippen LogP contribution in [0.4, 0.5) is 5.13 Å². The van der Waals surface area contributed by atoms with Crippen molar-refractivity contribution in [3.8, 4) is 0 Å². The summed E-state index contributed by atoms with van der Waals surface area (Å²) < 4.78 is 8.14. The molecule has 4 rings (SSSR count). The molecule has 2 aromatic heterocycles. The van der Waals surface area contributed by atoms with Crippen LogP contribution in [0.1, 0.15) is 65.0 Å². The summed E-state index contributed by atoms with van der Waals surface area (Å²) in [6, 6.07) is 0. The number of hydrogen-bond acceptors (Lipinski definition) is 5. The monoisotopic (exact) mass is 334 g/mol. The highest BCUT2D eigenvalue weighted by atomic mass is 32.1. The van der Waals surface area contributed by atoms with Gasteiger partial charge in [-0.3, -0.25) is 0 Å². The molecule has 2 aromatic rings. The highest BCUT2D eigenvalue weighted by molar-refractivity contribution is 7.20. The Bertz CT molecular complexity index is 664. The lowest BCUT2D eigenvalue weighted by atomic mass is 9.99. The minimum Gasteiger partial charge on any atom is -0.366 e. The molecule has 0 N–H and O–H groups in total. The molecule has 3 heterocycles. The number of morpholine rings is 1. The van der Waals surface area contributed by atoms with Gasteiger partial charge in [-0.25, -0.2) is 9.50 Å². The Kier molecular flexibility index (Phi) is 3.47. The Morgan fingerprint density at radius 3 is 2.39 bits per heavy atom. The Hall–Kier alpha value is -1.14. The van der Waals surface area contributed by atoms with Crippen LogP contribution >= 0.6 is 11.3 Å². The first-order chi connectivity index (χ1) is 10.8. The van der Waals surface area contributed by atoms with Crippen molar-refractivity contribution >= 4 is 21.4 Å². The first kappa shape index (κ1) is 15.4. The number of rotatable bonds is 2. The molecule has 23 heavy (non-hydrogen) atoms. The van der Waals surface area contributed by atoms with E-state index in [1.165, 1.54) is 31.4 Å². The molecule has 0 amide bonds. The predicted molar refractivity (Wildman–Crippen MR) is 93.5 cm³/mol. The maximum absolute atomic E-state index is 6.17. The fourth-order valence-electron chi connectivity index (χ4n) is 4.18. The summed E-state index contributed by atoms with van der Waals surface area (Å²) in [4.78, 5) is 8.21. The van der Waals surface area contributed by atoms with Crippen molar-refractivity contribution < 1.29 is 4.74 Å². The molecule has 6 heteroatoms. The van der Waals surface area contributed by atoms with E-state index in [1.54, 1.807) is 11.3 Å². The maximum Gasteiger partial charge on any atom is 0.214 e. The molecule has 2 aliphatic rings. The number of anilines is 1. The maximum atomic E-state index is 6.17. The molecule has 1 aliphatic carbocycles. The molecule has 0 spiro atoms. The molecule has 1 saturated heterocycles. The van der Waals surface area contributed by atoms with Crippen molar-refractivity contribution in [2.45, 2.75) is 70.5 Å². The van der Waals surface area contributed by atoms with Crippen molar-refractivity contribution in [3.63, 3.8) is 0 Å². The number of ether oxygens (including phenoxy) is 1. The van der Waals surface area contributed by atoms with Gasteiger partial charge in [-0.05, 0) is 40.5 Å². The van der Waals surface area contributed by atoms with Gasteiger partial charge < -0.3 is 9.64 Å². The normalized spacial score (nSPS) is 24.6.